The summed E-state index contributed by atoms with van der Waals surface area (Å²) in [6.07, 6.45) is 0. The number of primary sulfonamides is 1. The summed E-state index contributed by atoms with van der Waals surface area (Å²) >= 11 is 0. The highest BCUT2D eigenvalue weighted by atomic mass is 32.2. The van der Waals surface area contributed by atoms with Gasteiger partial charge in [0.2, 0.25) is 10.0 Å². The van der Waals surface area contributed by atoms with Gasteiger partial charge >= 0.3 is 0 Å². The number of likely N-dealkylation sites (N-methyl/N-ethyl adjacent to an activating group) is 1. The van der Waals surface area contributed by atoms with Crippen LogP contribution in [-0.4, -0.2) is 43.0 Å². The summed E-state index contributed by atoms with van der Waals surface area (Å²) in [7, 11) is -3.98. The van der Waals surface area contributed by atoms with E-state index in [1.807, 2.05) is 6.92 Å². The molecule has 8 nitrogen and oxygen atoms in total. The molecule has 0 radical (unpaired) electrons. The Balaban J connectivity index is 3.17. The average molecular weight is 303 g/mol. The van der Waals surface area contributed by atoms with Gasteiger partial charge in [0, 0.05) is 24.7 Å². The van der Waals surface area contributed by atoms with Gasteiger partial charge in [0.25, 0.3) is 5.69 Å². The molecule has 0 bridgehead atoms. The zero-order valence-corrected chi connectivity index (χ0v) is 11.8. The quantitative estimate of drug-likeness (QED) is 0.541. The van der Waals surface area contributed by atoms with Gasteiger partial charge in [0.05, 0.1) is 16.4 Å². The number of nitro benzene ring substituents is 1. The van der Waals surface area contributed by atoms with E-state index >= 15 is 0 Å². The predicted octanol–water partition coefficient (Wildman–Crippen LogP) is 0.0564. The Morgan fingerprint density at radius 3 is 2.55 bits per heavy atom. The number of nitro groups is 1. The second kappa shape index (κ2) is 6.75. The Morgan fingerprint density at radius 1 is 1.45 bits per heavy atom. The molecule has 3 N–H and O–H groups in total. The number of benzene rings is 1. The molecule has 0 fully saturated rings. The topological polar surface area (TPSA) is 127 Å². The molecule has 0 saturated carbocycles. The lowest BCUT2D eigenvalue weighted by atomic mass is 10.1. The first-order valence-electron chi connectivity index (χ1n) is 5.93. The van der Waals surface area contributed by atoms with E-state index in [0.29, 0.717) is 18.7 Å². The number of sulfonamides is 1. The molecular formula is C11H17N3O5S. The van der Waals surface area contributed by atoms with Gasteiger partial charge in [0.1, 0.15) is 0 Å². The van der Waals surface area contributed by atoms with Gasteiger partial charge in [0.15, 0.2) is 0 Å². The largest absolute Gasteiger partial charge is 0.395 e. The average Bonchev–Trinajstić information content (AvgIpc) is 2.36. The summed E-state index contributed by atoms with van der Waals surface area (Å²) in [5.41, 5.74) is 0.0746. The van der Waals surface area contributed by atoms with E-state index < -0.39 is 14.9 Å². The fraction of sp³-hybridized carbons (Fsp3) is 0.455. The number of rotatable bonds is 7. The van der Waals surface area contributed by atoms with Gasteiger partial charge in [-0.3, -0.25) is 15.0 Å². The minimum Gasteiger partial charge on any atom is -0.395 e. The van der Waals surface area contributed by atoms with Gasteiger partial charge in [-0.05, 0) is 18.7 Å². The fourth-order valence-electron chi connectivity index (χ4n) is 1.76. The Bertz CT molecular complexity index is 588. The molecule has 0 spiro atoms. The Labute approximate surface area is 117 Å². The van der Waals surface area contributed by atoms with Crippen LogP contribution in [0.25, 0.3) is 0 Å². The van der Waals surface area contributed by atoms with Crippen LogP contribution in [0.1, 0.15) is 12.5 Å². The van der Waals surface area contributed by atoms with E-state index in [4.69, 9.17) is 10.2 Å². The second-order valence-corrected chi connectivity index (χ2v) is 5.75. The Morgan fingerprint density at radius 2 is 2.10 bits per heavy atom. The molecule has 1 rings (SSSR count). The molecule has 0 aromatic heterocycles. The van der Waals surface area contributed by atoms with Crippen LogP contribution >= 0.6 is 0 Å². The highest BCUT2D eigenvalue weighted by molar-refractivity contribution is 7.89. The minimum atomic E-state index is -3.98. The van der Waals surface area contributed by atoms with Gasteiger partial charge in [-0.1, -0.05) is 6.92 Å². The van der Waals surface area contributed by atoms with Crippen molar-refractivity contribution in [1.82, 2.24) is 4.90 Å². The predicted molar refractivity (Wildman–Crippen MR) is 72.5 cm³/mol. The maximum absolute atomic E-state index is 11.2. The van der Waals surface area contributed by atoms with E-state index in [1.54, 1.807) is 4.90 Å². The number of hydrogen-bond donors (Lipinski definition) is 2. The molecule has 1 aromatic rings. The first-order valence-corrected chi connectivity index (χ1v) is 7.47. The van der Waals surface area contributed by atoms with Gasteiger partial charge in [-0.2, -0.15) is 0 Å². The highest BCUT2D eigenvalue weighted by Gasteiger charge is 2.20. The smallest absolute Gasteiger partial charge is 0.275 e. The van der Waals surface area contributed by atoms with Crippen molar-refractivity contribution in [2.75, 3.05) is 19.7 Å². The molecule has 112 valence electrons. The van der Waals surface area contributed by atoms with Crippen molar-refractivity contribution in [3.63, 3.8) is 0 Å². The van der Waals surface area contributed by atoms with Crippen LogP contribution in [0.3, 0.4) is 0 Å². The van der Waals surface area contributed by atoms with E-state index in [1.165, 1.54) is 12.1 Å². The van der Waals surface area contributed by atoms with Crippen LogP contribution in [0, 0.1) is 10.1 Å². The van der Waals surface area contributed by atoms with E-state index in [9.17, 15) is 18.5 Å². The summed E-state index contributed by atoms with van der Waals surface area (Å²) < 4.78 is 22.4. The molecule has 0 unspecified atom stereocenters. The van der Waals surface area contributed by atoms with Gasteiger partial charge in [-0.15, -0.1) is 0 Å². The second-order valence-electron chi connectivity index (χ2n) is 4.19. The maximum atomic E-state index is 11.2. The molecule has 20 heavy (non-hydrogen) atoms. The summed E-state index contributed by atoms with van der Waals surface area (Å²) in [5, 5.41) is 24.9. The lowest BCUT2D eigenvalue weighted by molar-refractivity contribution is -0.386. The molecule has 0 aliphatic carbocycles. The number of aliphatic hydroxyl groups excluding tert-OH is 1. The van der Waals surface area contributed by atoms with Crippen LogP contribution in [0.4, 0.5) is 5.69 Å². The number of nitrogens with zero attached hydrogens (tertiary/aromatic N) is 2. The number of aliphatic hydroxyl groups is 1. The highest BCUT2D eigenvalue weighted by Crippen LogP contribution is 2.23. The van der Waals surface area contributed by atoms with Crippen molar-refractivity contribution in [2.24, 2.45) is 5.14 Å². The molecule has 0 aliphatic heterocycles. The molecular weight excluding hydrogens is 286 g/mol. The van der Waals surface area contributed by atoms with Crippen molar-refractivity contribution in [1.29, 1.82) is 0 Å². The van der Waals surface area contributed by atoms with Crippen molar-refractivity contribution < 1.29 is 18.4 Å². The molecule has 0 heterocycles. The number of hydrogen-bond acceptors (Lipinski definition) is 6. The third-order valence-corrected chi connectivity index (χ3v) is 3.75. The molecule has 0 aliphatic rings. The van der Waals surface area contributed by atoms with Crippen LogP contribution in [0.15, 0.2) is 23.1 Å². The van der Waals surface area contributed by atoms with Crippen LogP contribution in [0.5, 0.6) is 0 Å². The first kappa shape index (κ1) is 16.5. The monoisotopic (exact) mass is 303 g/mol. The van der Waals surface area contributed by atoms with Gasteiger partial charge < -0.3 is 5.11 Å². The third-order valence-electron chi connectivity index (χ3n) is 2.84. The molecule has 0 atom stereocenters. The summed E-state index contributed by atoms with van der Waals surface area (Å²) in [5.74, 6) is 0. The molecule has 1 aromatic carbocycles. The van der Waals surface area contributed by atoms with Crippen LogP contribution in [-0.2, 0) is 16.6 Å². The molecule has 9 heteroatoms. The van der Waals surface area contributed by atoms with E-state index in [0.717, 1.165) is 6.07 Å². The lowest BCUT2D eigenvalue weighted by Crippen LogP contribution is -2.26. The SMILES string of the molecule is CCN(CCO)Cc1ccc(S(N)(=O)=O)cc1[N+](=O)[O-]. The normalized spacial score (nSPS) is 11.8. The standard InChI is InChI=1S/C11H17N3O5S/c1-2-13(5-6-15)8-9-3-4-10(20(12,18)19)7-11(9)14(16)17/h3-4,7,15H,2,5-6,8H2,1H3,(H2,12,18,19). The molecule has 0 amide bonds. The number of nitrogens with two attached hydrogens (primary N) is 1. The van der Waals surface area contributed by atoms with E-state index in [2.05, 4.69) is 0 Å². The van der Waals surface area contributed by atoms with Crippen LogP contribution in [0.2, 0.25) is 0 Å². The van der Waals surface area contributed by atoms with Crippen molar-refractivity contribution in [3.8, 4) is 0 Å². The Hall–Kier alpha value is -1.55. The van der Waals surface area contributed by atoms with Crippen molar-refractivity contribution >= 4 is 15.7 Å². The maximum Gasteiger partial charge on any atom is 0.275 e. The minimum absolute atomic E-state index is 0.0586. The summed E-state index contributed by atoms with van der Waals surface area (Å²) in [6.45, 7) is 3.04. The molecule has 0 saturated heterocycles. The Kier molecular flexibility index (Phi) is 5.57. The summed E-state index contributed by atoms with van der Waals surface area (Å²) in [6, 6.07) is 3.57. The first-order chi connectivity index (χ1) is 9.29. The zero-order valence-electron chi connectivity index (χ0n) is 11.0. The van der Waals surface area contributed by atoms with E-state index in [-0.39, 0.29) is 23.7 Å². The van der Waals surface area contributed by atoms with Crippen molar-refractivity contribution in [2.45, 2.75) is 18.4 Å². The van der Waals surface area contributed by atoms with Crippen molar-refractivity contribution in [3.05, 3.63) is 33.9 Å². The fourth-order valence-corrected chi connectivity index (χ4v) is 2.29. The zero-order chi connectivity index (χ0) is 15.3. The third kappa shape index (κ3) is 4.23. The van der Waals surface area contributed by atoms with Gasteiger partial charge in [-0.25, -0.2) is 13.6 Å². The van der Waals surface area contributed by atoms with Crippen LogP contribution < -0.4 is 5.14 Å². The summed E-state index contributed by atoms with van der Waals surface area (Å²) in [4.78, 5) is 11.9. The lowest BCUT2D eigenvalue weighted by Gasteiger charge is -2.19.